The summed E-state index contributed by atoms with van der Waals surface area (Å²) >= 11 is 6.19. The highest BCUT2D eigenvalue weighted by atomic mass is 35.5. The predicted octanol–water partition coefficient (Wildman–Crippen LogP) is 2.11. The number of hydrogen-bond donors (Lipinski definition) is 1. The molecule has 2 aromatic heterocycles. The molecule has 1 aliphatic heterocycles. The second-order valence-electron chi connectivity index (χ2n) is 5.16. The summed E-state index contributed by atoms with van der Waals surface area (Å²) in [7, 11) is 0. The van der Waals surface area contributed by atoms with Gasteiger partial charge in [0.2, 0.25) is 5.82 Å². The van der Waals surface area contributed by atoms with Crippen LogP contribution >= 0.6 is 11.6 Å². The Morgan fingerprint density at radius 2 is 2.04 bits per heavy atom. The number of carbonyl (C=O) groups excluding carboxylic acids is 1. The molecule has 0 unspecified atom stereocenters. The highest BCUT2D eigenvalue weighted by Crippen LogP contribution is 2.38. The molecule has 0 saturated carbocycles. The van der Waals surface area contributed by atoms with Crippen molar-refractivity contribution in [1.29, 1.82) is 0 Å². The fourth-order valence-corrected chi connectivity index (χ4v) is 2.54. The largest absolute Gasteiger partial charge is 0.486 e. The van der Waals surface area contributed by atoms with E-state index in [0.717, 1.165) is 5.69 Å². The summed E-state index contributed by atoms with van der Waals surface area (Å²) in [6.45, 7) is 2.76. The van der Waals surface area contributed by atoms with Crippen LogP contribution in [0.25, 0.3) is 5.78 Å². The third kappa shape index (κ3) is 2.50. The first kappa shape index (κ1) is 14.7. The van der Waals surface area contributed by atoms with E-state index in [1.807, 2.05) is 6.92 Å². The van der Waals surface area contributed by atoms with Crippen LogP contribution in [-0.2, 0) is 0 Å². The van der Waals surface area contributed by atoms with Crippen LogP contribution in [0.5, 0.6) is 11.5 Å². The molecular formula is C15H12ClN5O3. The van der Waals surface area contributed by atoms with E-state index in [-0.39, 0.29) is 5.82 Å². The van der Waals surface area contributed by atoms with Crippen molar-refractivity contribution in [3.05, 3.63) is 40.9 Å². The molecule has 1 N–H and O–H groups in total. The zero-order valence-corrected chi connectivity index (χ0v) is 13.4. The Labute approximate surface area is 141 Å². The van der Waals surface area contributed by atoms with E-state index in [1.165, 1.54) is 4.52 Å². The lowest BCUT2D eigenvalue weighted by Crippen LogP contribution is -2.17. The summed E-state index contributed by atoms with van der Waals surface area (Å²) in [6, 6.07) is 5.00. The van der Waals surface area contributed by atoms with Crippen LogP contribution in [0.3, 0.4) is 0 Å². The third-order valence-corrected chi connectivity index (χ3v) is 3.83. The van der Waals surface area contributed by atoms with E-state index in [9.17, 15) is 4.79 Å². The van der Waals surface area contributed by atoms with Crippen LogP contribution in [0.2, 0.25) is 5.02 Å². The lowest BCUT2D eigenvalue weighted by molar-refractivity contribution is 0.101. The SMILES string of the molecule is Cc1ccnc2nc(C(=O)Nc3cc4c(cc3Cl)OCCO4)nn12. The fourth-order valence-electron chi connectivity index (χ4n) is 2.34. The van der Waals surface area contributed by atoms with Crippen molar-refractivity contribution >= 4 is 29.0 Å². The summed E-state index contributed by atoms with van der Waals surface area (Å²) in [4.78, 5) is 20.6. The summed E-state index contributed by atoms with van der Waals surface area (Å²) in [5, 5.41) is 7.18. The molecule has 4 rings (SSSR count). The number of carbonyl (C=O) groups is 1. The van der Waals surface area contributed by atoms with Gasteiger partial charge in [-0.05, 0) is 13.0 Å². The number of hydrogen-bond acceptors (Lipinski definition) is 6. The molecule has 1 amide bonds. The molecule has 122 valence electrons. The highest BCUT2D eigenvalue weighted by molar-refractivity contribution is 6.34. The van der Waals surface area contributed by atoms with E-state index in [4.69, 9.17) is 21.1 Å². The molecule has 9 heteroatoms. The van der Waals surface area contributed by atoms with Crippen LogP contribution < -0.4 is 14.8 Å². The Kier molecular flexibility index (Phi) is 3.46. The van der Waals surface area contributed by atoms with E-state index in [1.54, 1.807) is 24.4 Å². The quantitative estimate of drug-likeness (QED) is 0.765. The van der Waals surface area contributed by atoms with Crippen molar-refractivity contribution in [1.82, 2.24) is 19.6 Å². The number of aromatic nitrogens is 4. The molecule has 0 saturated heterocycles. The van der Waals surface area contributed by atoms with Crippen molar-refractivity contribution in [2.24, 2.45) is 0 Å². The Bertz CT molecular complexity index is 956. The van der Waals surface area contributed by atoms with Crippen LogP contribution in [0.1, 0.15) is 16.3 Å². The van der Waals surface area contributed by atoms with Crippen LogP contribution in [0, 0.1) is 6.92 Å². The molecule has 0 aliphatic carbocycles. The van der Waals surface area contributed by atoms with E-state index >= 15 is 0 Å². The first-order chi connectivity index (χ1) is 11.6. The van der Waals surface area contributed by atoms with Gasteiger partial charge in [-0.2, -0.15) is 4.98 Å². The summed E-state index contributed by atoms with van der Waals surface area (Å²) in [5.74, 6) is 0.950. The zero-order valence-electron chi connectivity index (χ0n) is 12.6. The lowest BCUT2D eigenvalue weighted by Gasteiger charge is -2.19. The second kappa shape index (κ2) is 5.64. The van der Waals surface area contributed by atoms with Crippen molar-refractivity contribution in [3.63, 3.8) is 0 Å². The average molecular weight is 346 g/mol. The molecule has 24 heavy (non-hydrogen) atoms. The molecule has 0 atom stereocenters. The number of anilines is 1. The second-order valence-corrected chi connectivity index (χ2v) is 5.57. The standard InChI is InChI=1S/C15H12ClN5O3/c1-8-2-3-17-15-19-13(20-21(8)15)14(22)18-10-7-12-11(6-9(10)16)23-4-5-24-12/h2-3,6-7H,4-5H2,1H3,(H,18,22). The van der Waals surface area contributed by atoms with E-state index in [2.05, 4.69) is 20.4 Å². The molecule has 1 aromatic carbocycles. The summed E-state index contributed by atoms with van der Waals surface area (Å²) in [6.07, 6.45) is 1.61. The number of halogens is 1. The minimum Gasteiger partial charge on any atom is -0.486 e. The maximum Gasteiger partial charge on any atom is 0.295 e. The average Bonchev–Trinajstić information content (AvgIpc) is 3.01. The van der Waals surface area contributed by atoms with Crippen LogP contribution in [0.4, 0.5) is 5.69 Å². The number of rotatable bonds is 2. The smallest absolute Gasteiger partial charge is 0.295 e. The highest BCUT2D eigenvalue weighted by Gasteiger charge is 2.19. The van der Waals surface area contributed by atoms with Gasteiger partial charge in [0.1, 0.15) is 13.2 Å². The number of fused-ring (bicyclic) bond motifs is 2. The normalized spacial score (nSPS) is 13.1. The zero-order chi connectivity index (χ0) is 16.7. The van der Waals surface area contributed by atoms with Crippen molar-refractivity contribution in [2.75, 3.05) is 18.5 Å². The molecule has 0 spiro atoms. The Hall–Kier alpha value is -2.87. The Morgan fingerprint density at radius 3 is 2.79 bits per heavy atom. The maximum absolute atomic E-state index is 12.4. The maximum atomic E-state index is 12.4. The molecule has 1 aliphatic rings. The number of aryl methyl sites for hydroxylation is 1. The molecular weight excluding hydrogens is 334 g/mol. The Morgan fingerprint density at radius 1 is 1.29 bits per heavy atom. The van der Waals surface area contributed by atoms with Gasteiger partial charge >= 0.3 is 0 Å². The van der Waals surface area contributed by atoms with Crippen molar-refractivity contribution in [3.8, 4) is 11.5 Å². The minimum atomic E-state index is -0.488. The monoisotopic (exact) mass is 345 g/mol. The summed E-state index contributed by atoms with van der Waals surface area (Å²) < 4.78 is 12.4. The van der Waals surface area contributed by atoms with Crippen molar-refractivity contribution < 1.29 is 14.3 Å². The van der Waals surface area contributed by atoms with Gasteiger partial charge in [-0.1, -0.05) is 11.6 Å². The lowest BCUT2D eigenvalue weighted by atomic mass is 10.2. The van der Waals surface area contributed by atoms with Gasteiger partial charge in [0.25, 0.3) is 11.7 Å². The molecule has 8 nitrogen and oxygen atoms in total. The van der Waals surface area contributed by atoms with E-state index in [0.29, 0.717) is 41.2 Å². The van der Waals surface area contributed by atoms with Gasteiger partial charge in [-0.25, -0.2) is 9.50 Å². The van der Waals surface area contributed by atoms with Gasteiger partial charge in [0, 0.05) is 24.0 Å². The van der Waals surface area contributed by atoms with Crippen LogP contribution in [0.15, 0.2) is 24.4 Å². The number of benzene rings is 1. The van der Waals surface area contributed by atoms with Gasteiger partial charge in [-0.3, -0.25) is 4.79 Å². The first-order valence-corrected chi connectivity index (χ1v) is 7.58. The van der Waals surface area contributed by atoms with Gasteiger partial charge in [-0.15, -0.1) is 5.10 Å². The molecule has 0 fully saturated rings. The topological polar surface area (TPSA) is 90.6 Å². The number of nitrogens with one attached hydrogen (secondary N) is 1. The fraction of sp³-hybridized carbons (Fsp3) is 0.200. The van der Waals surface area contributed by atoms with Gasteiger partial charge in [0.05, 0.1) is 10.7 Å². The predicted molar refractivity (Wildman–Crippen MR) is 85.9 cm³/mol. The third-order valence-electron chi connectivity index (χ3n) is 3.51. The number of nitrogens with zero attached hydrogens (tertiary/aromatic N) is 4. The molecule has 3 aromatic rings. The number of ether oxygens (including phenoxy) is 2. The van der Waals surface area contributed by atoms with Crippen LogP contribution in [-0.4, -0.2) is 38.7 Å². The Balaban J connectivity index is 1.64. The number of amides is 1. The van der Waals surface area contributed by atoms with Crippen molar-refractivity contribution in [2.45, 2.75) is 6.92 Å². The summed E-state index contributed by atoms with van der Waals surface area (Å²) in [5.41, 5.74) is 1.22. The molecule has 0 bridgehead atoms. The van der Waals surface area contributed by atoms with Gasteiger partial charge < -0.3 is 14.8 Å². The van der Waals surface area contributed by atoms with E-state index < -0.39 is 5.91 Å². The molecule has 3 heterocycles. The molecule has 0 radical (unpaired) electrons. The minimum absolute atomic E-state index is 0.00255. The first-order valence-electron chi connectivity index (χ1n) is 7.21. The van der Waals surface area contributed by atoms with Gasteiger partial charge in [0.15, 0.2) is 11.5 Å².